The van der Waals surface area contributed by atoms with Gasteiger partial charge < -0.3 is 10.8 Å². The molecule has 18 heavy (non-hydrogen) atoms. The second-order valence-electron chi connectivity index (χ2n) is 4.48. The number of aliphatic hydroxyl groups is 1. The van der Waals surface area contributed by atoms with Crippen LogP contribution in [0.3, 0.4) is 0 Å². The Labute approximate surface area is 108 Å². The first-order valence-electron chi connectivity index (χ1n) is 6.29. The molecule has 1 atom stereocenters. The Hall–Kier alpha value is -1.64. The van der Waals surface area contributed by atoms with Gasteiger partial charge in [0.2, 0.25) is 0 Å². The number of nitrogens with two attached hydrogens (primary N) is 1. The number of hydrogen-bond acceptors (Lipinski definition) is 2. The highest BCUT2D eigenvalue weighted by atomic mass is 16.3. The van der Waals surface area contributed by atoms with E-state index in [1.54, 1.807) is 0 Å². The van der Waals surface area contributed by atoms with Crippen LogP contribution in [0, 0.1) is 0 Å². The van der Waals surface area contributed by atoms with Crippen LogP contribution in [0.5, 0.6) is 0 Å². The van der Waals surface area contributed by atoms with Gasteiger partial charge in [0.05, 0.1) is 0 Å². The van der Waals surface area contributed by atoms with Gasteiger partial charge in [-0.05, 0) is 17.5 Å². The zero-order chi connectivity index (χ0) is 12.8. The molecule has 2 heteroatoms. The predicted molar refractivity (Wildman–Crippen MR) is 74.4 cm³/mol. The van der Waals surface area contributed by atoms with Gasteiger partial charge in [-0.1, -0.05) is 60.7 Å². The minimum atomic E-state index is -0.0696. The maximum Gasteiger partial charge on any atom is 0.0446 e. The van der Waals surface area contributed by atoms with E-state index in [4.69, 9.17) is 10.8 Å². The van der Waals surface area contributed by atoms with E-state index >= 15 is 0 Å². The van der Waals surface area contributed by atoms with Crippen molar-refractivity contribution in [3.8, 4) is 0 Å². The Morgan fingerprint density at radius 2 is 1.28 bits per heavy atom. The first-order valence-corrected chi connectivity index (χ1v) is 6.29. The smallest absolute Gasteiger partial charge is 0.0446 e. The van der Waals surface area contributed by atoms with Crippen molar-refractivity contribution in [1.29, 1.82) is 0 Å². The Kier molecular flexibility index (Phi) is 4.51. The fourth-order valence-electron chi connectivity index (χ4n) is 2.32. The minimum absolute atomic E-state index is 0.0696. The highest BCUT2D eigenvalue weighted by Gasteiger charge is 2.20. The summed E-state index contributed by atoms with van der Waals surface area (Å²) in [5.74, 6) is 0.138. The predicted octanol–water partition coefficient (Wildman–Crippen LogP) is 2.53. The summed E-state index contributed by atoms with van der Waals surface area (Å²) < 4.78 is 0. The van der Waals surface area contributed by atoms with Gasteiger partial charge in [-0.15, -0.1) is 0 Å². The quantitative estimate of drug-likeness (QED) is 0.845. The number of hydrogen-bond donors (Lipinski definition) is 2. The van der Waals surface area contributed by atoms with Gasteiger partial charge in [0, 0.05) is 18.6 Å². The second kappa shape index (κ2) is 6.34. The molecule has 0 aliphatic rings. The monoisotopic (exact) mass is 241 g/mol. The van der Waals surface area contributed by atoms with E-state index in [9.17, 15) is 0 Å². The molecule has 0 bridgehead atoms. The van der Waals surface area contributed by atoms with Crippen LogP contribution < -0.4 is 5.73 Å². The van der Waals surface area contributed by atoms with Crippen LogP contribution in [0.4, 0.5) is 0 Å². The zero-order valence-corrected chi connectivity index (χ0v) is 10.4. The fourth-order valence-corrected chi connectivity index (χ4v) is 2.32. The Balaban J connectivity index is 2.35. The van der Waals surface area contributed by atoms with E-state index in [1.807, 2.05) is 36.4 Å². The summed E-state index contributed by atoms with van der Waals surface area (Å²) in [6, 6.07) is 20.4. The van der Waals surface area contributed by atoms with E-state index in [0.717, 1.165) is 0 Å². The molecule has 0 aromatic heterocycles. The lowest BCUT2D eigenvalue weighted by molar-refractivity contribution is 0.271. The first kappa shape index (κ1) is 12.8. The Bertz CT molecular complexity index is 416. The van der Waals surface area contributed by atoms with Crippen LogP contribution in [0.25, 0.3) is 0 Å². The summed E-state index contributed by atoms with van der Waals surface area (Å²) in [7, 11) is 0. The van der Waals surface area contributed by atoms with Crippen LogP contribution in [0.2, 0.25) is 0 Å². The molecule has 0 saturated carbocycles. The van der Waals surface area contributed by atoms with Crippen molar-refractivity contribution in [3.05, 3.63) is 71.8 Å². The van der Waals surface area contributed by atoms with Crippen molar-refractivity contribution in [3.63, 3.8) is 0 Å². The van der Waals surface area contributed by atoms with Gasteiger partial charge in [0.1, 0.15) is 0 Å². The molecule has 2 aromatic carbocycles. The Morgan fingerprint density at radius 1 is 0.833 bits per heavy atom. The summed E-state index contributed by atoms with van der Waals surface area (Å²) in [6.45, 7) is 0.122. The molecule has 3 N–H and O–H groups in total. The van der Waals surface area contributed by atoms with E-state index in [0.29, 0.717) is 6.42 Å². The standard InChI is InChI=1S/C16H19NO/c17-15(11-12-18)16(13-7-3-1-4-8-13)14-9-5-2-6-10-14/h1-10,15-16,18H,11-12,17H2/t15-/m0/s1. The van der Waals surface area contributed by atoms with Crippen molar-refractivity contribution in [1.82, 2.24) is 0 Å². The molecule has 0 radical (unpaired) electrons. The molecule has 0 aliphatic heterocycles. The highest BCUT2D eigenvalue weighted by Crippen LogP contribution is 2.28. The lowest BCUT2D eigenvalue weighted by Gasteiger charge is -2.24. The van der Waals surface area contributed by atoms with Crippen LogP contribution in [-0.2, 0) is 0 Å². The van der Waals surface area contributed by atoms with Crippen LogP contribution in [0.15, 0.2) is 60.7 Å². The summed E-state index contributed by atoms with van der Waals surface area (Å²) >= 11 is 0. The minimum Gasteiger partial charge on any atom is -0.396 e. The van der Waals surface area contributed by atoms with E-state index in [1.165, 1.54) is 11.1 Å². The van der Waals surface area contributed by atoms with Crippen molar-refractivity contribution < 1.29 is 5.11 Å². The normalized spacial score (nSPS) is 12.6. The average molecular weight is 241 g/mol. The maximum absolute atomic E-state index is 9.10. The molecule has 0 fully saturated rings. The van der Waals surface area contributed by atoms with E-state index < -0.39 is 0 Å². The topological polar surface area (TPSA) is 46.2 Å². The van der Waals surface area contributed by atoms with Crippen LogP contribution in [0.1, 0.15) is 23.5 Å². The lowest BCUT2D eigenvalue weighted by Crippen LogP contribution is -2.30. The first-order chi connectivity index (χ1) is 8.83. The van der Waals surface area contributed by atoms with Gasteiger partial charge in [-0.3, -0.25) is 0 Å². The lowest BCUT2D eigenvalue weighted by atomic mass is 9.84. The van der Waals surface area contributed by atoms with Crippen molar-refractivity contribution in [2.75, 3.05) is 6.61 Å². The molecular formula is C16H19NO. The summed E-state index contributed by atoms with van der Waals surface area (Å²) in [5, 5.41) is 9.10. The molecule has 2 aromatic rings. The third kappa shape index (κ3) is 2.97. The van der Waals surface area contributed by atoms with E-state index in [-0.39, 0.29) is 18.6 Å². The summed E-state index contributed by atoms with van der Waals surface area (Å²) in [5.41, 5.74) is 8.63. The van der Waals surface area contributed by atoms with Crippen molar-refractivity contribution in [2.45, 2.75) is 18.4 Å². The van der Waals surface area contributed by atoms with Gasteiger partial charge in [0.25, 0.3) is 0 Å². The molecular weight excluding hydrogens is 222 g/mol. The Morgan fingerprint density at radius 3 is 1.67 bits per heavy atom. The fraction of sp³-hybridized carbons (Fsp3) is 0.250. The largest absolute Gasteiger partial charge is 0.396 e. The van der Waals surface area contributed by atoms with Crippen LogP contribution >= 0.6 is 0 Å². The molecule has 0 saturated heterocycles. The maximum atomic E-state index is 9.10. The second-order valence-corrected chi connectivity index (χ2v) is 4.48. The summed E-state index contributed by atoms with van der Waals surface area (Å²) in [4.78, 5) is 0. The van der Waals surface area contributed by atoms with Gasteiger partial charge in [0.15, 0.2) is 0 Å². The average Bonchev–Trinajstić information content (AvgIpc) is 2.42. The molecule has 94 valence electrons. The van der Waals surface area contributed by atoms with Gasteiger partial charge >= 0.3 is 0 Å². The molecule has 0 heterocycles. The molecule has 0 spiro atoms. The number of aliphatic hydroxyl groups excluding tert-OH is 1. The van der Waals surface area contributed by atoms with Gasteiger partial charge in [-0.25, -0.2) is 0 Å². The molecule has 0 amide bonds. The molecule has 0 aliphatic carbocycles. The third-order valence-corrected chi connectivity index (χ3v) is 3.21. The van der Waals surface area contributed by atoms with Crippen molar-refractivity contribution >= 4 is 0 Å². The zero-order valence-electron chi connectivity index (χ0n) is 10.4. The molecule has 2 nitrogen and oxygen atoms in total. The number of rotatable bonds is 5. The van der Waals surface area contributed by atoms with Gasteiger partial charge in [-0.2, -0.15) is 0 Å². The van der Waals surface area contributed by atoms with E-state index in [2.05, 4.69) is 24.3 Å². The highest BCUT2D eigenvalue weighted by molar-refractivity contribution is 5.34. The number of benzene rings is 2. The van der Waals surface area contributed by atoms with Crippen molar-refractivity contribution in [2.24, 2.45) is 5.73 Å². The molecule has 0 unspecified atom stereocenters. The summed E-state index contributed by atoms with van der Waals surface area (Å²) in [6.07, 6.45) is 0.606. The molecule has 2 rings (SSSR count). The SMILES string of the molecule is N[C@@H](CCO)C(c1ccccc1)c1ccccc1. The third-order valence-electron chi connectivity index (χ3n) is 3.21. The van der Waals surface area contributed by atoms with Crippen LogP contribution in [-0.4, -0.2) is 17.8 Å².